The zero-order valence-electron chi connectivity index (χ0n) is 8.62. The summed E-state index contributed by atoms with van der Waals surface area (Å²) in [6, 6.07) is 0. The van der Waals surface area contributed by atoms with Crippen molar-refractivity contribution in [3.63, 3.8) is 0 Å². The lowest BCUT2D eigenvalue weighted by Crippen LogP contribution is -2.25. The number of aromatic nitrogens is 4. The SMILES string of the molecule is NCc1cn[nH]c1S(=O)(=O)NCc1ncon1. The summed E-state index contributed by atoms with van der Waals surface area (Å²) in [5.41, 5.74) is 5.80. The fourth-order valence-corrected chi connectivity index (χ4v) is 2.30. The van der Waals surface area contributed by atoms with Gasteiger partial charge in [-0.1, -0.05) is 5.16 Å². The molecule has 0 aromatic carbocycles. The van der Waals surface area contributed by atoms with Crippen LogP contribution in [0.1, 0.15) is 11.4 Å². The van der Waals surface area contributed by atoms with E-state index >= 15 is 0 Å². The van der Waals surface area contributed by atoms with Gasteiger partial charge in [-0.25, -0.2) is 13.1 Å². The maximum atomic E-state index is 11.8. The normalized spacial score (nSPS) is 11.8. The number of sulfonamides is 1. The molecule has 0 radical (unpaired) electrons. The molecule has 0 atom stereocenters. The summed E-state index contributed by atoms with van der Waals surface area (Å²) in [6.07, 6.45) is 2.48. The van der Waals surface area contributed by atoms with Gasteiger partial charge in [0.25, 0.3) is 10.0 Å². The Morgan fingerprint density at radius 3 is 3.00 bits per heavy atom. The number of nitrogens with one attached hydrogen (secondary N) is 2. The second kappa shape index (κ2) is 4.61. The minimum absolute atomic E-state index is 0.0523. The van der Waals surface area contributed by atoms with Gasteiger partial charge in [-0.3, -0.25) is 5.10 Å². The molecule has 2 heterocycles. The summed E-state index contributed by atoms with van der Waals surface area (Å²) >= 11 is 0. The first-order valence-electron chi connectivity index (χ1n) is 4.60. The van der Waals surface area contributed by atoms with Crippen LogP contribution in [0.5, 0.6) is 0 Å². The lowest BCUT2D eigenvalue weighted by atomic mass is 10.4. The van der Waals surface area contributed by atoms with Crippen LogP contribution in [0.25, 0.3) is 0 Å². The summed E-state index contributed by atoms with van der Waals surface area (Å²) in [5, 5.41) is 9.44. The van der Waals surface area contributed by atoms with Gasteiger partial charge in [0.15, 0.2) is 10.9 Å². The van der Waals surface area contributed by atoms with E-state index < -0.39 is 10.0 Å². The molecule has 0 saturated heterocycles. The van der Waals surface area contributed by atoms with Gasteiger partial charge in [0.2, 0.25) is 6.39 Å². The van der Waals surface area contributed by atoms with Crippen molar-refractivity contribution in [1.29, 1.82) is 0 Å². The van der Waals surface area contributed by atoms with Crippen molar-refractivity contribution in [2.24, 2.45) is 5.73 Å². The molecule has 2 aromatic rings. The molecule has 0 amide bonds. The quantitative estimate of drug-likeness (QED) is 0.607. The Hall–Kier alpha value is -1.78. The van der Waals surface area contributed by atoms with Crippen LogP contribution in [0, 0.1) is 0 Å². The molecule has 0 fully saturated rings. The zero-order chi connectivity index (χ0) is 12.3. The third kappa shape index (κ3) is 2.49. The van der Waals surface area contributed by atoms with E-state index in [-0.39, 0.29) is 23.9 Å². The Balaban J connectivity index is 2.14. The first-order valence-corrected chi connectivity index (χ1v) is 6.09. The van der Waals surface area contributed by atoms with Crippen molar-refractivity contribution < 1.29 is 12.9 Å². The van der Waals surface area contributed by atoms with Crippen molar-refractivity contribution in [3.05, 3.63) is 24.0 Å². The molecule has 2 aromatic heterocycles. The third-order valence-corrected chi connectivity index (χ3v) is 3.41. The molecular formula is C7H10N6O3S. The number of hydrogen-bond acceptors (Lipinski definition) is 7. The van der Waals surface area contributed by atoms with Gasteiger partial charge in [0.05, 0.1) is 12.7 Å². The molecule has 4 N–H and O–H groups in total. The fraction of sp³-hybridized carbons (Fsp3) is 0.286. The monoisotopic (exact) mass is 258 g/mol. The molecule has 0 aliphatic rings. The second-order valence-corrected chi connectivity index (χ2v) is 4.80. The maximum absolute atomic E-state index is 11.8. The van der Waals surface area contributed by atoms with Gasteiger partial charge >= 0.3 is 0 Å². The molecule has 0 saturated carbocycles. The van der Waals surface area contributed by atoms with Gasteiger partial charge in [-0.05, 0) is 0 Å². The minimum Gasteiger partial charge on any atom is -0.343 e. The van der Waals surface area contributed by atoms with E-state index in [1.54, 1.807) is 0 Å². The highest BCUT2D eigenvalue weighted by Gasteiger charge is 2.20. The van der Waals surface area contributed by atoms with E-state index in [1.165, 1.54) is 6.20 Å². The molecule has 2 rings (SSSR count). The van der Waals surface area contributed by atoms with Crippen LogP contribution in [0.3, 0.4) is 0 Å². The van der Waals surface area contributed by atoms with E-state index in [4.69, 9.17) is 5.73 Å². The number of aromatic amines is 1. The van der Waals surface area contributed by atoms with Crippen LogP contribution in [0.4, 0.5) is 0 Å². The van der Waals surface area contributed by atoms with E-state index in [1.807, 2.05) is 0 Å². The molecule has 0 spiro atoms. The highest BCUT2D eigenvalue weighted by atomic mass is 32.2. The van der Waals surface area contributed by atoms with Gasteiger partial charge in [0, 0.05) is 12.1 Å². The van der Waals surface area contributed by atoms with Gasteiger partial charge < -0.3 is 10.3 Å². The zero-order valence-corrected chi connectivity index (χ0v) is 9.44. The fourth-order valence-electron chi connectivity index (χ4n) is 1.18. The standard InChI is InChI=1S/C7H10N6O3S/c8-1-5-2-10-12-7(5)17(14,15)11-3-6-9-4-16-13-6/h2,4,11H,1,3,8H2,(H,10,12). The molecule has 92 valence electrons. The Morgan fingerprint density at radius 2 is 2.35 bits per heavy atom. The molecule has 17 heavy (non-hydrogen) atoms. The van der Waals surface area contributed by atoms with Gasteiger partial charge in [-0.2, -0.15) is 10.1 Å². The summed E-state index contributed by atoms with van der Waals surface area (Å²) < 4.78 is 30.5. The third-order valence-electron chi connectivity index (χ3n) is 1.99. The Labute approximate surface area is 96.5 Å². The van der Waals surface area contributed by atoms with E-state index in [0.717, 1.165) is 6.39 Å². The predicted molar refractivity (Wildman–Crippen MR) is 54.8 cm³/mol. The second-order valence-electron chi connectivity index (χ2n) is 3.10. The first kappa shape index (κ1) is 11.7. The van der Waals surface area contributed by atoms with E-state index in [2.05, 4.69) is 29.6 Å². The summed E-state index contributed by atoms with van der Waals surface area (Å²) in [4.78, 5) is 3.69. The largest absolute Gasteiger partial charge is 0.343 e. The molecular weight excluding hydrogens is 248 g/mol. The smallest absolute Gasteiger partial charge is 0.258 e. The van der Waals surface area contributed by atoms with Crippen molar-refractivity contribution in [3.8, 4) is 0 Å². The summed E-state index contributed by atoms with van der Waals surface area (Å²) in [6.45, 7) is 0.0107. The molecule has 10 heteroatoms. The van der Waals surface area contributed by atoms with Crippen molar-refractivity contribution in [2.45, 2.75) is 18.1 Å². The van der Waals surface area contributed by atoms with Crippen molar-refractivity contribution in [2.75, 3.05) is 0 Å². The summed E-state index contributed by atoms with van der Waals surface area (Å²) in [7, 11) is -3.71. The number of nitrogens with two attached hydrogens (primary N) is 1. The first-order chi connectivity index (χ1) is 8.13. The van der Waals surface area contributed by atoms with Crippen molar-refractivity contribution in [1.82, 2.24) is 25.1 Å². The predicted octanol–water partition coefficient (Wildman–Crippen LogP) is -1.27. The maximum Gasteiger partial charge on any atom is 0.258 e. The topological polar surface area (TPSA) is 140 Å². The van der Waals surface area contributed by atoms with Crippen molar-refractivity contribution >= 4 is 10.0 Å². The molecule has 0 unspecified atom stereocenters. The number of hydrogen-bond donors (Lipinski definition) is 3. The van der Waals surface area contributed by atoms with Crippen LogP contribution in [0.15, 0.2) is 22.1 Å². The average molecular weight is 258 g/mol. The Kier molecular flexibility index (Phi) is 3.17. The molecule has 9 nitrogen and oxygen atoms in total. The average Bonchev–Trinajstić information content (AvgIpc) is 2.97. The van der Waals surface area contributed by atoms with Crippen LogP contribution >= 0.6 is 0 Å². The molecule has 0 aliphatic carbocycles. The Bertz CT molecular complexity index is 575. The van der Waals surface area contributed by atoms with Gasteiger partial charge in [0.1, 0.15) is 0 Å². The molecule has 0 bridgehead atoms. The highest BCUT2D eigenvalue weighted by Crippen LogP contribution is 2.10. The van der Waals surface area contributed by atoms with E-state index in [0.29, 0.717) is 5.56 Å². The van der Waals surface area contributed by atoms with Crippen LogP contribution in [-0.4, -0.2) is 28.8 Å². The van der Waals surface area contributed by atoms with Gasteiger partial charge in [-0.15, -0.1) is 0 Å². The van der Waals surface area contributed by atoms with E-state index in [9.17, 15) is 8.42 Å². The minimum atomic E-state index is -3.71. The van der Waals surface area contributed by atoms with Crippen LogP contribution < -0.4 is 10.5 Å². The number of rotatable bonds is 5. The van der Waals surface area contributed by atoms with Crippen LogP contribution in [0.2, 0.25) is 0 Å². The highest BCUT2D eigenvalue weighted by molar-refractivity contribution is 7.89. The summed E-state index contributed by atoms with van der Waals surface area (Å²) in [5.74, 6) is 0.238. The van der Waals surface area contributed by atoms with Crippen LogP contribution in [-0.2, 0) is 23.1 Å². The Morgan fingerprint density at radius 1 is 1.53 bits per heavy atom. The lowest BCUT2D eigenvalue weighted by Gasteiger charge is -2.03. The number of nitrogens with zero attached hydrogens (tertiary/aromatic N) is 3. The number of H-pyrrole nitrogens is 1. The molecule has 0 aliphatic heterocycles. The lowest BCUT2D eigenvalue weighted by molar-refractivity contribution is 0.409.